The van der Waals surface area contributed by atoms with Crippen LogP contribution in [-0.2, 0) is 12.0 Å². The molecule has 1 aromatic heterocycles. The normalized spacial score (nSPS) is 11.5. The monoisotopic (exact) mass is 470 g/mol. The van der Waals surface area contributed by atoms with E-state index < -0.39 is 0 Å². The van der Waals surface area contributed by atoms with Gasteiger partial charge in [0, 0.05) is 12.1 Å². The number of aromatic nitrogens is 2. The first kappa shape index (κ1) is 24.5. The molecule has 0 aliphatic rings. The molecule has 0 saturated heterocycles. The molecule has 0 saturated carbocycles. The van der Waals surface area contributed by atoms with Crippen molar-refractivity contribution in [3.8, 4) is 22.9 Å². The Morgan fingerprint density at radius 1 is 0.886 bits per heavy atom. The molecule has 4 rings (SSSR count). The minimum atomic E-state index is -0.0172. The zero-order chi connectivity index (χ0) is 24.8. The predicted molar refractivity (Wildman–Crippen MR) is 142 cm³/mol. The summed E-state index contributed by atoms with van der Waals surface area (Å²) in [7, 11) is 1.64. The molecule has 0 aliphatic carbocycles. The summed E-state index contributed by atoms with van der Waals surface area (Å²) >= 11 is 0. The van der Waals surface area contributed by atoms with Gasteiger partial charge in [-0.3, -0.25) is 9.36 Å². The Labute approximate surface area is 207 Å². The summed E-state index contributed by atoms with van der Waals surface area (Å²) in [6.07, 6.45) is 2.74. The molecule has 1 heterocycles. The number of rotatable bonds is 10. The van der Waals surface area contributed by atoms with Gasteiger partial charge in [0.1, 0.15) is 17.3 Å². The van der Waals surface area contributed by atoms with E-state index in [1.807, 2.05) is 60.7 Å². The van der Waals surface area contributed by atoms with Gasteiger partial charge in [0.2, 0.25) is 0 Å². The fourth-order valence-corrected chi connectivity index (χ4v) is 4.10. The highest BCUT2D eigenvalue weighted by Gasteiger charge is 2.17. The van der Waals surface area contributed by atoms with Gasteiger partial charge in [-0.15, -0.1) is 0 Å². The van der Waals surface area contributed by atoms with Crippen LogP contribution in [0, 0.1) is 0 Å². The Kier molecular flexibility index (Phi) is 7.54. The highest BCUT2D eigenvalue weighted by atomic mass is 16.5. The summed E-state index contributed by atoms with van der Waals surface area (Å²) in [5.41, 5.74) is 3.07. The predicted octanol–water partition coefficient (Wildman–Crippen LogP) is 6.62. The topological polar surface area (TPSA) is 53.4 Å². The lowest BCUT2D eigenvalue weighted by Crippen LogP contribution is -2.24. The molecular formula is C30H34N2O3. The van der Waals surface area contributed by atoms with E-state index in [4.69, 9.17) is 14.5 Å². The Bertz CT molecular complexity index is 1320. The highest BCUT2D eigenvalue weighted by Crippen LogP contribution is 2.28. The third-order valence-electron chi connectivity index (χ3n) is 6.77. The van der Waals surface area contributed by atoms with Crippen molar-refractivity contribution in [2.75, 3.05) is 13.7 Å². The van der Waals surface area contributed by atoms with Gasteiger partial charge in [0.15, 0.2) is 0 Å². The summed E-state index contributed by atoms with van der Waals surface area (Å²) in [5.74, 6) is 2.32. The molecule has 0 N–H and O–H groups in total. The van der Waals surface area contributed by atoms with E-state index in [2.05, 4.69) is 32.9 Å². The lowest BCUT2D eigenvalue weighted by atomic mass is 9.82. The smallest absolute Gasteiger partial charge is 0.261 e. The second-order valence-electron chi connectivity index (χ2n) is 9.46. The molecule has 5 nitrogen and oxygen atoms in total. The minimum Gasteiger partial charge on any atom is -0.497 e. The molecular weight excluding hydrogens is 436 g/mol. The quantitative estimate of drug-likeness (QED) is 0.244. The van der Waals surface area contributed by atoms with Crippen molar-refractivity contribution in [2.24, 2.45) is 0 Å². The van der Waals surface area contributed by atoms with Gasteiger partial charge >= 0.3 is 0 Å². The van der Waals surface area contributed by atoms with Crippen LogP contribution in [0.15, 0.2) is 77.6 Å². The van der Waals surface area contributed by atoms with E-state index in [0.717, 1.165) is 36.3 Å². The van der Waals surface area contributed by atoms with Crippen LogP contribution in [0.3, 0.4) is 0 Å². The largest absolute Gasteiger partial charge is 0.497 e. The molecule has 0 unspecified atom stereocenters. The number of benzene rings is 3. The second-order valence-corrected chi connectivity index (χ2v) is 9.46. The van der Waals surface area contributed by atoms with Crippen molar-refractivity contribution in [1.29, 1.82) is 0 Å². The molecule has 0 fully saturated rings. The van der Waals surface area contributed by atoms with Crippen molar-refractivity contribution in [3.63, 3.8) is 0 Å². The summed E-state index contributed by atoms with van der Waals surface area (Å²) in [5, 5.41) is 0.635. The molecule has 3 aromatic carbocycles. The Morgan fingerprint density at radius 2 is 1.57 bits per heavy atom. The average Bonchev–Trinajstić information content (AvgIpc) is 2.90. The Morgan fingerprint density at radius 3 is 2.26 bits per heavy atom. The number of hydrogen-bond donors (Lipinski definition) is 0. The van der Waals surface area contributed by atoms with Crippen LogP contribution >= 0.6 is 0 Å². The minimum absolute atomic E-state index is 0.0172. The van der Waals surface area contributed by atoms with Crippen molar-refractivity contribution in [2.45, 2.75) is 52.0 Å². The molecule has 182 valence electrons. The van der Waals surface area contributed by atoms with Crippen LogP contribution < -0.4 is 15.0 Å². The second kappa shape index (κ2) is 10.8. The SMILES string of the molecule is CCC(C)(C)c1ccc(OCCCCn2c(-c3ccc(OC)cc3)nc3ccccc3c2=O)cc1. The maximum Gasteiger partial charge on any atom is 0.261 e. The van der Waals surface area contributed by atoms with Crippen LogP contribution in [0.4, 0.5) is 0 Å². The first-order chi connectivity index (χ1) is 16.9. The van der Waals surface area contributed by atoms with E-state index in [9.17, 15) is 4.79 Å². The molecule has 4 aromatic rings. The Balaban J connectivity index is 1.46. The number of para-hydroxylation sites is 1. The molecule has 0 amide bonds. The van der Waals surface area contributed by atoms with Crippen molar-refractivity contribution in [1.82, 2.24) is 9.55 Å². The van der Waals surface area contributed by atoms with E-state index in [1.165, 1.54) is 5.56 Å². The Hall–Kier alpha value is -3.60. The maximum atomic E-state index is 13.3. The van der Waals surface area contributed by atoms with Gasteiger partial charge in [0.25, 0.3) is 5.56 Å². The van der Waals surface area contributed by atoms with Crippen LogP contribution in [0.2, 0.25) is 0 Å². The summed E-state index contributed by atoms with van der Waals surface area (Å²) < 4.78 is 13.0. The molecule has 35 heavy (non-hydrogen) atoms. The molecule has 0 aliphatic heterocycles. The molecule has 0 spiro atoms. The fraction of sp³-hybridized carbons (Fsp3) is 0.333. The van der Waals surface area contributed by atoms with Gasteiger partial charge in [-0.2, -0.15) is 0 Å². The number of unbranched alkanes of at least 4 members (excludes halogenated alkanes) is 1. The van der Waals surface area contributed by atoms with E-state index in [1.54, 1.807) is 11.7 Å². The molecule has 0 bridgehead atoms. The van der Waals surface area contributed by atoms with Gasteiger partial charge in [-0.25, -0.2) is 4.98 Å². The van der Waals surface area contributed by atoms with E-state index in [0.29, 0.717) is 29.9 Å². The van der Waals surface area contributed by atoms with Crippen molar-refractivity contribution >= 4 is 10.9 Å². The van der Waals surface area contributed by atoms with Crippen LogP contribution in [-0.4, -0.2) is 23.3 Å². The standard InChI is InChI=1S/C30H34N2O3/c1-5-30(2,3)23-14-18-25(19-15-23)35-21-9-8-20-32-28(22-12-16-24(34-4)17-13-22)31-27-11-7-6-10-26(27)29(32)33/h6-7,10-19H,5,8-9,20-21H2,1-4H3. The fourth-order valence-electron chi connectivity index (χ4n) is 4.10. The number of nitrogens with zero attached hydrogens (tertiary/aromatic N) is 2. The maximum absolute atomic E-state index is 13.3. The number of ether oxygens (including phenoxy) is 2. The van der Waals surface area contributed by atoms with Gasteiger partial charge in [-0.05, 0) is 78.8 Å². The molecule has 5 heteroatoms. The summed E-state index contributed by atoms with van der Waals surface area (Å²) in [4.78, 5) is 18.2. The van der Waals surface area contributed by atoms with Crippen molar-refractivity contribution < 1.29 is 9.47 Å². The third-order valence-corrected chi connectivity index (χ3v) is 6.77. The lowest BCUT2D eigenvalue weighted by Gasteiger charge is -2.23. The zero-order valence-electron chi connectivity index (χ0n) is 21.1. The van der Waals surface area contributed by atoms with E-state index >= 15 is 0 Å². The molecule has 0 atom stereocenters. The van der Waals surface area contributed by atoms with E-state index in [-0.39, 0.29) is 11.0 Å². The van der Waals surface area contributed by atoms with Gasteiger partial charge in [0.05, 0.1) is 24.6 Å². The first-order valence-electron chi connectivity index (χ1n) is 12.3. The summed E-state index contributed by atoms with van der Waals surface area (Å²) in [6, 6.07) is 23.6. The molecule has 0 radical (unpaired) electrons. The number of fused-ring (bicyclic) bond motifs is 1. The first-order valence-corrected chi connectivity index (χ1v) is 12.3. The highest BCUT2D eigenvalue weighted by molar-refractivity contribution is 5.79. The van der Waals surface area contributed by atoms with Crippen molar-refractivity contribution in [3.05, 3.63) is 88.7 Å². The number of methoxy groups -OCH3 is 1. The van der Waals surface area contributed by atoms with Crippen LogP contribution in [0.25, 0.3) is 22.3 Å². The van der Waals surface area contributed by atoms with Gasteiger partial charge in [-0.1, -0.05) is 45.0 Å². The third kappa shape index (κ3) is 5.56. The van der Waals surface area contributed by atoms with Gasteiger partial charge < -0.3 is 9.47 Å². The lowest BCUT2D eigenvalue weighted by molar-refractivity contribution is 0.302. The average molecular weight is 471 g/mol. The van der Waals surface area contributed by atoms with Crippen LogP contribution in [0.1, 0.15) is 45.6 Å². The number of hydrogen-bond acceptors (Lipinski definition) is 4. The zero-order valence-corrected chi connectivity index (χ0v) is 21.1. The van der Waals surface area contributed by atoms with Crippen LogP contribution in [0.5, 0.6) is 11.5 Å². The summed E-state index contributed by atoms with van der Waals surface area (Å²) in [6.45, 7) is 7.90.